The molecule has 0 spiro atoms. The molecule has 0 aromatic heterocycles. The highest BCUT2D eigenvalue weighted by Gasteiger charge is 2.45. The molecule has 0 aliphatic carbocycles. The van der Waals surface area contributed by atoms with E-state index in [0.717, 1.165) is 12.1 Å². The number of likely N-dealkylation sites (tertiary alicyclic amines) is 1. The molecule has 7 nitrogen and oxygen atoms in total. The lowest BCUT2D eigenvalue weighted by Gasteiger charge is -2.26. The number of aliphatic hydroxyl groups excluding tert-OH is 1. The van der Waals surface area contributed by atoms with Crippen LogP contribution in [0.1, 0.15) is 23.6 Å². The van der Waals surface area contributed by atoms with Crippen molar-refractivity contribution in [3.05, 3.63) is 77.9 Å². The first kappa shape index (κ1) is 24.1. The first-order valence-corrected chi connectivity index (χ1v) is 10.8. The van der Waals surface area contributed by atoms with Crippen molar-refractivity contribution in [1.29, 1.82) is 0 Å². The molecule has 0 bridgehead atoms. The molecule has 0 unspecified atom stereocenters. The Kier molecular flexibility index (Phi) is 7.90. The van der Waals surface area contributed by atoms with Crippen molar-refractivity contribution in [1.82, 2.24) is 9.80 Å². The first-order chi connectivity index (χ1) is 15.9. The molecule has 0 radical (unpaired) electrons. The van der Waals surface area contributed by atoms with Crippen LogP contribution in [0.25, 0.3) is 5.76 Å². The molecule has 1 heterocycles. The number of ketones is 1. The summed E-state index contributed by atoms with van der Waals surface area (Å²) >= 11 is 0. The number of ether oxygens (including phenoxy) is 2. The van der Waals surface area contributed by atoms with Crippen molar-refractivity contribution < 1.29 is 24.2 Å². The first-order valence-electron chi connectivity index (χ1n) is 10.8. The molecule has 1 amide bonds. The summed E-state index contributed by atoms with van der Waals surface area (Å²) in [7, 11) is 5.49. The number of Topliss-reactive ketones (excluding diaryl/α,β-unsaturated/α-hetero) is 1. The van der Waals surface area contributed by atoms with Crippen LogP contribution in [0.2, 0.25) is 0 Å². The molecule has 174 valence electrons. The molecular formula is C26H30N2O5. The van der Waals surface area contributed by atoms with Crippen molar-refractivity contribution in [2.24, 2.45) is 0 Å². The summed E-state index contributed by atoms with van der Waals surface area (Å²) < 4.78 is 10.7. The van der Waals surface area contributed by atoms with Crippen LogP contribution in [0.5, 0.6) is 11.5 Å². The molecule has 2 aromatic carbocycles. The zero-order valence-electron chi connectivity index (χ0n) is 19.3. The van der Waals surface area contributed by atoms with E-state index < -0.39 is 17.7 Å². The number of methoxy groups -OCH3 is 1. The van der Waals surface area contributed by atoms with Gasteiger partial charge in [0.2, 0.25) is 0 Å². The van der Waals surface area contributed by atoms with Crippen LogP contribution in [-0.4, -0.2) is 67.5 Å². The Labute approximate surface area is 194 Å². The van der Waals surface area contributed by atoms with Gasteiger partial charge in [0.15, 0.2) is 0 Å². The summed E-state index contributed by atoms with van der Waals surface area (Å²) in [5, 5.41) is 11.1. The van der Waals surface area contributed by atoms with Gasteiger partial charge in [0, 0.05) is 12.1 Å². The van der Waals surface area contributed by atoms with Crippen molar-refractivity contribution in [2.75, 3.05) is 40.9 Å². The van der Waals surface area contributed by atoms with Gasteiger partial charge in [-0.3, -0.25) is 9.59 Å². The highest BCUT2D eigenvalue weighted by Crippen LogP contribution is 2.40. The van der Waals surface area contributed by atoms with Gasteiger partial charge in [-0.25, -0.2) is 0 Å². The predicted octanol–water partition coefficient (Wildman–Crippen LogP) is 3.63. The Morgan fingerprint density at radius 2 is 1.73 bits per heavy atom. The van der Waals surface area contributed by atoms with Gasteiger partial charge in [-0.15, -0.1) is 0 Å². The molecule has 7 heteroatoms. The molecule has 0 saturated carbocycles. The van der Waals surface area contributed by atoms with E-state index in [1.165, 1.54) is 0 Å². The second-order valence-electron chi connectivity index (χ2n) is 8.05. The van der Waals surface area contributed by atoms with Crippen molar-refractivity contribution in [2.45, 2.75) is 12.5 Å². The number of hydrogen-bond acceptors (Lipinski definition) is 6. The van der Waals surface area contributed by atoms with Gasteiger partial charge in [-0.05, 0) is 69.0 Å². The van der Waals surface area contributed by atoms with Gasteiger partial charge < -0.3 is 24.4 Å². The molecule has 3 rings (SSSR count). The molecule has 1 atom stereocenters. The Balaban J connectivity index is 2.02. The Hall–Kier alpha value is -3.58. The standard InChI is InChI=1S/C26H30N2O5/c1-5-17-33-21-13-9-19(10-14-21)24(29)22-23(18-7-11-20(32-4)12-8-18)28(26(31)25(22)30)16-6-15-27(2)3/h5,7-14,23,29H,1,6,15-17H2,2-4H3/t23-/m0/s1. The minimum atomic E-state index is -0.690. The van der Waals surface area contributed by atoms with Crippen LogP contribution >= 0.6 is 0 Å². The number of aliphatic hydroxyl groups is 1. The maximum absolute atomic E-state index is 13.1. The van der Waals surface area contributed by atoms with E-state index in [1.54, 1.807) is 54.5 Å². The van der Waals surface area contributed by atoms with E-state index in [0.29, 0.717) is 36.6 Å². The molecule has 33 heavy (non-hydrogen) atoms. The van der Waals surface area contributed by atoms with Gasteiger partial charge in [0.1, 0.15) is 23.9 Å². The van der Waals surface area contributed by atoms with E-state index >= 15 is 0 Å². The van der Waals surface area contributed by atoms with Gasteiger partial charge >= 0.3 is 0 Å². The fraction of sp³-hybridized carbons (Fsp3) is 0.308. The van der Waals surface area contributed by atoms with Crippen LogP contribution in [0.3, 0.4) is 0 Å². The SMILES string of the molecule is C=CCOc1ccc(C(O)=C2C(=O)C(=O)N(CCCN(C)C)[C@H]2c2ccc(OC)cc2)cc1. The predicted molar refractivity (Wildman–Crippen MR) is 127 cm³/mol. The van der Waals surface area contributed by atoms with E-state index in [2.05, 4.69) is 6.58 Å². The Morgan fingerprint density at radius 1 is 1.09 bits per heavy atom. The summed E-state index contributed by atoms with van der Waals surface area (Å²) in [5.41, 5.74) is 1.24. The number of amides is 1. The quantitative estimate of drug-likeness (QED) is 0.258. The average Bonchev–Trinajstić information content (AvgIpc) is 3.07. The fourth-order valence-electron chi connectivity index (χ4n) is 3.82. The van der Waals surface area contributed by atoms with Crippen LogP contribution in [0.4, 0.5) is 0 Å². The summed E-state index contributed by atoms with van der Waals surface area (Å²) in [6.07, 6.45) is 2.34. The Bertz CT molecular complexity index is 1030. The number of carbonyl (C=O) groups excluding carboxylic acids is 2. The van der Waals surface area contributed by atoms with E-state index in [4.69, 9.17) is 9.47 Å². The lowest BCUT2D eigenvalue weighted by atomic mass is 9.95. The van der Waals surface area contributed by atoms with Gasteiger partial charge in [0.05, 0.1) is 18.7 Å². The van der Waals surface area contributed by atoms with Gasteiger partial charge in [-0.1, -0.05) is 24.8 Å². The summed E-state index contributed by atoms with van der Waals surface area (Å²) in [6, 6.07) is 13.2. The second kappa shape index (κ2) is 10.8. The lowest BCUT2D eigenvalue weighted by molar-refractivity contribution is -0.139. The molecule has 1 saturated heterocycles. The van der Waals surface area contributed by atoms with Crippen LogP contribution in [0, 0.1) is 0 Å². The monoisotopic (exact) mass is 450 g/mol. The number of benzene rings is 2. The van der Waals surface area contributed by atoms with E-state index in [1.807, 2.05) is 31.1 Å². The largest absolute Gasteiger partial charge is 0.507 e. The molecule has 2 aromatic rings. The number of hydrogen-bond donors (Lipinski definition) is 1. The molecule has 1 aliphatic heterocycles. The molecule has 1 N–H and O–H groups in total. The third-order valence-electron chi connectivity index (χ3n) is 5.47. The summed E-state index contributed by atoms with van der Waals surface area (Å²) in [5.74, 6) is -0.229. The average molecular weight is 451 g/mol. The third-order valence-corrected chi connectivity index (χ3v) is 5.47. The number of rotatable bonds is 10. The van der Waals surface area contributed by atoms with Crippen LogP contribution in [0.15, 0.2) is 66.8 Å². The maximum atomic E-state index is 13.1. The minimum absolute atomic E-state index is 0.0785. The molecular weight excluding hydrogens is 420 g/mol. The topological polar surface area (TPSA) is 79.3 Å². The normalized spacial score (nSPS) is 17.5. The zero-order valence-corrected chi connectivity index (χ0v) is 19.3. The van der Waals surface area contributed by atoms with Gasteiger partial charge in [-0.2, -0.15) is 0 Å². The third kappa shape index (κ3) is 5.43. The summed E-state index contributed by atoms with van der Waals surface area (Å²) in [6.45, 7) is 5.14. The van der Waals surface area contributed by atoms with Crippen LogP contribution in [-0.2, 0) is 9.59 Å². The van der Waals surface area contributed by atoms with Crippen molar-refractivity contribution in [3.63, 3.8) is 0 Å². The zero-order chi connectivity index (χ0) is 24.0. The smallest absolute Gasteiger partial charge is 0.295 e. The number of nitrogens with zero attached hydrogens (tertiary/aromatic N) is 2. The summed E-state index contributed by atoms with van der Waals surface area (Å²) in [4.78, 5) is 29.6. The van der Waals surface area contributed by atoms with E-state index in [-0.39, 0.29) is 11.3 Å². The second-order valence-corrected chi connectivity index (χ2v) is 8.05. The van der Waals surface area contributed by atoms with Crippen molar-refractivity contribution in [3.8, 4) is 11.5 Å². The number of carbonyl (C=O) groups is 2. The van der Waals surface area contributed by atoms with Crippen molar-refractivity contribution >= 4 is 17.4 Å². The molecule has 1 fully saturated rings. The lowest BCUT2D eigenvalue weighted by Crippen LogP contribution is -2.32. The van der Waals surface area contributed by atoms with Crippen LogP contribution < -0.4 is 9.47 Å². The highest BCUT2D eigenvalue weighted by atomic mass is 16.5. The highest BCUT2D eigenvalue weighted by molar-refractivity contribution is 6.46. The maximum Gasteiger partial charge on any atom is 0.295 e. The molecule has 1 aliphatic rings. The minimum Gasteiger partial charge on any atom is -0.507 e. The van der Waals surface area contributed by atoms with Gasteiger partial charge in [0.25, 0.3) is 11.7 Å². The fourth-order valence-corrected chi connectivity index (χ4v) is 3.82. The Morgan fingerprint density at radius 3 is 2.30 bits per heavy atom. The van der Waals surface area contributed by atoms with E-state index in [9.17, 15) is 14.7 Å².